The number of aromatic nitrogens is 1. The normalized spacial score (nSPS) is 11.2. The van der Waals surface area contributed by atoms with Gasteiger partial charge in [-0.15, -0.1) is 13.2 Å². The van der Waals surface area contributed by atoms with Crippen molar-refractivity contribution >= 4 is 5.97 Å². The minimum Gasteiger partial charge on any atom is -0.494 e. The van der Waals surface area contributed by atoms with Gasteiger partial charge in [-0.2, -0.15) is 0 Å². The monoisotopic (exact) mass is 283 g/mol. The summed E-state index contributed by atoms with van der Waals surface area (Å²) in [5, 5.41) is 8.61. The Morgan fingerprint density at radius 2 is 2.11 bits per heavy atom. The van der Waals surface area contributed by atoms with Crippen LogP contribution in [0.3, 0.4) is 0 Å². The van der Waals surface area contributed by atoms with Crippen molar-refractivity contribution in [3.63, 3.8) is 0 Å². The number of carboxylic acid groups (broad SMARTS) is 1. The fourth-order valence-corrected chi connectivity index (χ4v) is 1.41. The number of carbonyl (C=O) groups is 1. The minimum absolute atomic E-state index is 0.183. The van der Waals surface area contributed by atoms with E-state index >= 15 is 0 Å². The van der Waals surface area contributed by atoms with Crippen molar-refractivity contribution in [2.24, 2.45) is 0 Å². The third-order valence-electron chi connectivity index (χ3n) is 2.05. The summed E-state index contributed by atoms with van der Waals surface area (Å²) < 4.78 is 57.4. The van der Waals surface area contributed by atoms with Crippen LogP contribution in [-0.2, 0) is 17.9 Å². The fraction of sp³-hybridized carbons (Fsp3) is 0.400. The van der Waals surface area contributed by atoms with Gasteiger partial charge in [-0.25, -0.2) is 4.39 Å². The molecule has 0 atom stereocenters. The molecule has 0 amide bonds. The van der Waals surface area contributed by atoms with E-state index in [1.54, 1.807) is 0 Å². The van der Waals surface area contributed by atoms with Crippen LogP contribution in [0.2, 0.25) is 0 Å². The Labute approximate surface area is 104 Å². The van der Waals surface area contributed by atoms with Crippen molar-refractivity contribution in [3.05, 3.63) is 17.5 Å². The Morgan fingerprint density at radius 1 is 1.47 bits per heavy atom. The topological polar surface area (TPSA) is 68.7 Å². The predicted octanol–water partition coefficient (Wildman–Crippen LogP) is 2.09. The summed E-state index contributed by atoms with van der Waals surface area (Å²) in [6.07, 6.45) is -5.00. The van der Waals surface area contributed by atoms with Crippen molar-refractivity contribution in [3.8, 4) is 11.5 Å². The van der Waals surface area contributed by atoms with Crippen LogP contribution in [0.5, 0.6) is 11.5 Å². The second kappa shape index (κ2) is 5.72. The number of hydrogen-bond acceptors (Lipinski definition) is 4. The maximum Gasteiger partial charge on any atom is 0.573 e. The molecule has 9 heteroatoms. The number of halogens is 4. The number of methoxy groups -OCH3 is 1. The molecule has 0 aliphatic carbocycles. The van der Waals surface area contributed by atoms with Crippen LogP contribution in [0.1, 0.15) is 11.3 Å². The van der Waals surface area contributed by atoms with Crippen molar-refractivity contribution in [2.75, 3.05) is 7.11 Å². The molecule has 0 saturated heterocycles. The lowest BCUT2D eigenvalue weighted by Gasteiger charge is -2.15. The molecule has 0 aliphatic rings. The Bertz CT molecular complexity index is 475. The van der Waals surface area contributed by atoms with E-state index in [4.69, 9.17) is 9.84 Å². The van der Waals surface area contributed by atoms with Crippen LogP contribution in [0.25, 0.3) is 0 Å². The molecule has 1 aromatic rings. The van der Waals surface area contributed by atoms with E-state index in [1.807, 2.05) is 0 Å². The second-order valence-corrected chi connectivity index (χ2v) is 3.33. The van der Waals surface area contributed by atoms with Gasteiger partial charge in [0.25, 0.3) is 0 Å². The van der Waals surface area contributed by atoms with Crippen molar-refractivity contribution < 1.29 is 36.9 Å². The van der Waals surface area contributed by atoms with Gasteiger partial charge in [0.15, 0.2) is 11.5 Å². The zero-order chi connectivity index (χ0) is 14.6. The lowest BCUT2D eigenvalue weighted by atomic mass is 10.1. The molecule has 1 aromatic heterocycles. The lowest BCUT2D eigenvalue weighted by Crippen LogP contribution is -2.19. The molecule has 5 nitrogen and oxygen atoms in total. The Balaban J connectivity index is 3.26. The standard InChI is InChI=1S/C10H9F4NO4/c1-18-9-5(3-11)7(19-10(12,13)14)4-15-6(9)2-8(16)17/h4H,2-3H2,1H3,(H,16,17). The molecule has 1 heterocycles. The molecule has 0 radical (unpaired) electrons. The summed E-state index contributed by atoms with van der Waals surface area (Å²) in [7, 11) is 1.07. The molecule has 1 N–H and O–H groups in total. The van der Waals surface area contributed by atoms with E-state index in [1.165, 1.54) is 0 Å². The highest BCUT2D eigenvalue weighted by atomic mass is 19.4. The second-order valence-electron chi connectivity index (χ2n) is 3.33. The zero-order valence-electron chi connectivity index (χ0n) is 9.62. The first-order valence-electron chi connectivity index (χ1n) is 4.86. The number of carboxylic acids is 1. The van der Waals surface area contributed by atoms with E-state index in [9.17, 15) is 22.4 Å². The largest absolute Gasteiger partial charge is 0.573 e. The van der Waals surface area contributed by atoms with Crippen LogP contribution < -0.4 is 9.47 Å². The first kappa shape index (κ1) is 15.0. The third-order valence-corrected chi connectivity index (χ3v) is 2.05. The minimum atomic E-state index is -5.01. The van der Waals surface area contributed by atoms with Crippen molar-refractivity contribution in [1.29, 1.82) is 0 Å². The van der Waals surface area contributed by atoms with Gasteiger partial charge in [0.2, 0.25) is 0 Å². The molecule has 19 heavy (non-hydrogen) atoms. The van der Waals surface area contributed by atoms with Crippen LogP contribution in [0, 0.1) is 0 Å². The molecular weight excluding hydrogens is 274 g/mol. The maximum atomic E-state index is 12.8. The highest BCUT2D eigenvalue weighted by Crippen LogP contribution is 2.34. The molecule has 0 bridgehead atoms. The maximum absolute atomic E-state index is 12.8. The van der Waals surface area contributed by atoms with Gasteiger partial charge in [-0.1, -0.05) is 0 Å². The molecule has 0 aliphatic heterocycles. The molecule has 0 spiro atoms. The Hall–Kier alpha value is -2.06. The molecule has 1 rings (SSSR count). The molecule has 0 unspecified atom stereocenters. The van der Waals surface area contributed by atoms with Gasteiger partial charge in [0.1, 0.15) is 6.67 Å². The lowest BCUT2D eigenvalue weighted by molar-refractivity contribution is -0.275. The number of nitrogens with zero attached hydrogens (tertiary/aromatic N) is 1. The molecule has 0 saturated carbocycles. The number of alkyl halides is 4. The SMILES string of the molecule is COc1c(CC(=O)O)ncc(OC(F)(F)F)c1CF. The zero-order valence-corrected chi connectivity index (χ0v) is 9.62. The summed E-state index contributed by atoms with van der Waals surface area (Å²) >= 11 is 0. The van der Waals surface area contributed by atoms with Gasteiger partial charge < -0.3 is 14.6 Å². The molecule has 0 aromatic carbocycles. The summed E-state index contributed by atoms with van der Waals surface area (Å²) in [6.45, 7) is -1.32. The third kappa shape index (κ3) is 3.97. The smallest absolute Gasteiger partial charge is 0.494 e. The van der Waals surface area contributed by atoms with Gasteiger partial charge in [0.05, 0.1) is 31.0 Å². The van der Waals surface area contributed by atoms with Crippen LogP contribution in [0.15, 0.2) is 6.20 Å². The van der Waals surface area contributed by atoms with E-state index in [-0.39, 0.29) is 11.4 Å². The van der Waals surface area contributed by atoms with Gasteiger partial charge >= 0.3 is 12.3 Å². The van der Waals surface area contributed by atoms with E-state index in [0.717, 1.165) is 7.11 Å². The van der Waals surface area contributed by atoms with Crippen molar-refractivity contribution in [2.45, 2.75) is 19.5 Å². The van der Waals surface area contributed by atoms with Crippen LogP contribution >= 0.6 is 0 Å². The van der Waals surface area contributed by atoms with E-state index in [2.05, 4.69) is 9.72 Å². The molecule has 106 valence electrons. The Morgan fingerprint density at radius 3 is 2.53 bits per heavy atom. The molecular formula is C10H9F4NO4. The number of hydrogen-bond donors (Lipinski definition) is 1. The highest BCUT2D eigenvalue weighted by molar-refractivity contribution is 5.71. The van der Waals surface area contributed by atoms with Gasteiger partial charge in [-0.05, 0) is 0 Å². The van der Waals surface area contributed by atoms with Crippen molar-refractivity contribution in [1.82, 2.24) is 4.98 Å². The van der Waals surface area contributed by atoms with Crippen LogP contribution in [-0.4, -0.2) is 29.5 Å². The average Bonchev–Trinajstić information content (AvgIpc) is 2.27. The quantitative estimate of drug-likeness (QED) is 0.838. The molecule has 0 fully saturated rings. The predicted molar refractivity (Wildman–Crippen MR) is 53.6 cm³/mol. The first-order valence-corrected chi connectivity index (χ1v) is 4.86. The van der Waals surface area contributed by atoms with Gasteiger partial charge in [-0.3, -0.25) is 9.78 Å². The average molecular weight is 283 g/mol. The first-order chi connectivity index (χ1) is 8.78. The fourth-order valence-electron chi connectivity index (χ4n) is 1.41. The van der Waals surface area contributed by atoms with Gasteiger partial charge in [0, 0.05) is 0 Å². The van der Waals surface area contributed by atoms with E-state index < -0.39 is 36.7 Å². The number of ether oxygens (including phenoxy) is 2. The van der Waals surface area contributed by atoms with Crippen LogP contribution in [0.4, 0.5) is 17.6 Å². The Kier molecular flexibility index (Phi) is 4.52. The number of rotatable bonds is 5. The summed E-state index contributed by atoms with van der Waals surface area (Å²) in [5.74, 6) is -2.51. The summed E-state index contributed by atoms with van der Waals surface area (Å²) in [4.78, 5) is 14.0. The number of pyridine rings is 1. The van der Waals surface area contributed by atoms with E-state index in [0.29, 0.717) is 6.20 Å². The highest BCUT2D eigenvalue weighted by Gasteiger charge is 2.33. The summed E-state index contributed by atoms with van der Waals surface area (Å²) in [6, 6.07) is 0. The summed E-state index contributed by atoms with van der Waals surface area (Å²) in [5.41, 5.74) is -0.719. The number of aliphatic carboxylic acids is 1.